The standard InChI is InChI=1S/C23H29ClN2O3S/c1-23(2,16-18-7-4-3-5-8-18)25-22(27)20-11-13-26(14-12-20)30(28,29)17-19-9-6-10-21(24)15-19/h3-10,15,20H,11-14,16-17H2,1-2H3,(H,25,27). The Morgan fingerprint density at radius 2 is 1.70 bits per heavy atom. The Bertz CT molecular complexity index is 969. The maximum Gasteiger partial charge on any atom is 0.223 e. The van der Waals surface area contributed by atoms with Gasteiger partial charge in [-0.3, -0.25) is 4.79 Å². The van der Waals surface area contributed by atoms with E-state index in [2.05, 4.69) is 17.4 Å². The summed E-state index contributed by atoms with van der Waals surface area (Å²) >= 11 is 5.96. The first-order valence-electron chi connectivity index (χ1n) is 10.2. The van der Waals surface area contributed by atoms with E-state index in [0.717, 1.165) is 6.42 Å². The summed E-state index contributed by atoms with van der Waals surface area (Å²) in [4.78, 5) is 12.8. The van der Waals surface area contributed by atoms with Crippen LogP contribution < -0.4 is 5.32 Å². The molecule has 2 aromatic rings. The summed E-state index contributed by atoms with van der Waals surface area (Å²) in [7, 11) is -3.44. The van der Waals surface area contributed by atoms with Gasteiger partial charge in [-0.25, -0.2) is 12.7 Å². The average molecular weight is 449 g/mol. The molecule has 1 N–H and O–H groups in total. The van der Waals surface area contributed by atoms with Crippen molar-refractivity contribution in [3.8, 4) is 0 Å². The van der Waals surface area contributed by atoms with Gasteiger partial charge in [0.1, 0.15) is 0 Å². The van der Waals surface area contributed by atoms with E-state index in [0.29, 0.717) is 36.5 Å². The highest BCUT2D eigenvalue weighted by Crippen LogP contribution is 2.24. The maximum atomic E-state index is 12.8. The molecule has 1 aliphatic heterocycles. The van der Waals surface area contributed by atoms with Gasteiger partial charge in [-0.15, -0.1) is 0 Å². The molecule has 0 unspecified atom stereocenters. The smallest absolute Gasteiger partial charge is 0.223 e. The second-order valence-electron chi connectivity index (χ2n) is 8.59. The van der Waals surface area contributed by atoms with E-state index >= 15 is 0 Å². The molecule has 1 heterocycles. The molecule has 1 saturated heterocycles. The van der Waals surface area contributed by atoms with Gasteiger partial charge in [0.25, 0.3) is 0 Å². The lowest BCUT2D eigenvalue weighted by Gasteiger charge is -2.33. The zero-order valence-corrected chi connectivity index (χ0v) is 19.0. The number of benzene rings is 2. The zero-order valence-electron chi connectivity index (χ0n) is 17.5. The molecule has 2 aromatic carbocycles. The van der Waals surface area contributed by atoms with E-state index in [4.69, 9.17) is 11.6 Å². The van der Waals surface area contributed by atoms with E-state index in [1.807, 2.05) is 32.0 Å². The number of carbonyl (C=O) groups is 1. The molecule has 7 heteroatoms. The number of rotatable bonds is 7. The molecule has 0 saturated carbocycles. The van der Waals surface area contributed by atoms with Gasteiger partial charge < -0.3 is 5.32 Å². The second kappa shape index (κ2) is 9.50. The second-order valence-corrected chi connectivity index (χ2v) is 11.0. The van der Waals surface area contributed by atoms with Gasteiger partial charge in [0, 0.05) is 29.6 Å². The Morgan fingerprint density at radius 1 is 1.07 bits per heavy atom. The molecule has 0 atom stereocenters. The summed E-state index contributed by atoms with van der Waals surface area (Å²) in [5.74, 6) is -0.241. The van der Waals surface area contributed by atoms with Gasteiger partial charge in [-0.1, -0.05) is 54.1 Å². The SMILES string of the molecule is CC(C)(Cc1ccccc1)NC(=O)C1CCN(S(=O)(=O)Cc2cccc(Cl)c2)CC1. The predicted molar refractivity (Wildman–Crippen MR) is 121 cm³/mol. The quantitative estimate of drug-likeness (QED) is 0.695. The third-order valence-corrected chi connectivity index (χ3v) is 7.49. The van der Waals surface area contributed by atoms with Crippen LogP contribution in [0.1, 0.15) is 37.8 Å². The first-order chi connectivity index (χ1) is 14.1. The van der Waals surface area contributed by atoms with Gasteiger partial charge in [0.05, 0.1) is 5.75 Å². The highest BCUT2D eigenvalue weighted by molar-refractivity contribution is 7.88. The minimum atomic E-state index is -3.44. The van der Waals surface area contributed by atoms with Crippen molar-refractivity contribution >= 4 is 27.5 Å². The molecular formula is C23H29ClN2O3S. The summed E-state index contributed by atoms with van der Waals surface area (Å²) in [5.41, 5.74) is 1.48. The number of piperidine rings is 1. The van der Waals surface area contributed by atoms with E-state index in [1.165, 1.54) is 9.87 Å². The number of hydrogen-bond donors (Lipinski definition) is 1. The lowest BCUT2D eigenvalue weighted by Crippen LogP contribution is -2.50. The fourth-order valence-corrected chi connectivity index (χ4v) is 5.67. The lowest BCUT2D eigenvalue weighted by molar-refractivity contribution is -0.127. The normalized spacial score (nSPS) is 16.4. The number of hydrogen-bond acceptors (Lipinski definition) is 3. The summed E-state index contributed by atoms with van der Waals surface area (Å²) in [6.07, 6.45) is 1.80. The van der Waals surface area contributed by atoms with Crippen molar-refractivity contribution in [3.63, 3.8) is 0 Å². The van der Waals surface area contributed by atoms with Crippen LogP contribution in [0.4, 0.5) is 0 Å². The third kappa shape index (κ3) is 6.30. The molecule has 0 aromatic heterocycles. The van der Waals surface area contributed by atoms with E-state index in [1.54, 1.807) is 24.3 Å². The number of nitrogens with one attached hydrogen (secondary N) is 1. The molecule has 0 aliphatic carbocycles. The van der Waals surface area contributed by atoms with Crippen LogP contribution in [0.3, 0.4) is 0 Å². The molecule has 1 aliphatic rings. The monoisotopic (exact) mass is 448 g/mol. The van der Waals surface area contributed by atoms with Crippen molar-refractivity contribution in [2.45, 2.75) is 44.4 Å². The van der Waals surface area contributed by atoms with Crippen molar-refractivity contribution in [3.05, 3.63) is 70.7 Å². The van der Waals surface area contributed by atoms with Gasteiger partial charge in [0.2, 0.25) is 15.9 Å². The number of nitrogens with zero attached hydrogens (tertiary/aromatic N) is 1. The molecule has 5 nitrogen and oxygen atoms in total. The molecular weight excluding hydrogens is 420 g/mol. The minimum Gasteiger partial charge on any atom is -0.351 e. The van der Waals surface area contributed by atoms with Crippen LogP contribution >= 0.6 is 11.6 Å². The summed E-state index contributed by atoms with van der Waals surface area (Å²) in [5, 5.41) is 3.68. The zero-order chi connectivity index (χ0) is 21.8. The van der Waals surface area contributed by atoms with Gasteiger partial charge in [-0.05, 0) is 56.4 Å². The fourth-order valence-electron chi connectivity index (χ4n) is 3.91. The van der Waals surface area contributed by atoms with Crippen LogP contribution in [0.2, 0.25) is 5.02 Å². The van der Waals surface area contributed by atoms with Crippen molar-refractivity contribution in [1.82, 2.24) is 9.62 Å². The lowest BCUT2D eigenvalue weighted by atomic mass is 9.91. The summed E-state index contributed by atoms with van der Waals surface area (Å²) < 4.78 is 27.0. The first kappa shape index (κ1) is 22.8. The van der Waals surface area contributed by atoms with Crippen LogP contribution in [0.5, 0.6) is 0 Å². The molecule has 0 bridgehead atoms. The van der Waals surface area contributed by atoms with Crippen LogP contribution in [0.15, 0.2) is 54.6 Å². The Hall–Kier alpha value is -1.89. The molecule has 30 heavy (non-hydrogen) atoms. The largest absolute Gasteiger partial charge is 0.351 e. The Labute approximate surface area is 184 Å². The number of carbonyl (C=O) groups excluding carboxylic acids is 1. The highest BCUT2D eigenvalue weighted by Gasteiger charge is 2.33. The average Bonchev–Trinajstić information content (AvgIpc) is 2.68. The Morgan fingerprint density at radius 3 is 2.33 bits per heavy atom. The highest BCUT2D eigenvalue weighted by atomic mass is 35.5. The number of sulfonamides is 1. The van der Waals surface area contributed by atoms with Crippen molar-refractivity contribution in [2.24, 2.45) is 5.92 Å². The minimum absolute atomic E-state index is 0.00261. The van der Waals surface area contributed by atoms with E-state index < -0.39 is 10.0 Å². The molecule has 1 fully saturated rings. The van der Waals surface area contributed by atoms with E-state index in [9.17, 15) is 13.2 Å². The van der Waals surface area contributed by atoms with Crippen LogP contribution in [0.25, 0.3) is 0 Å². The van der Waals surface area contributed by atoms with Crippen molar-refractivity contribution in [1.29, 1.82) is 0 Å². The van der Waals surface area contributed by atoms with Crippen molar-refractivity contribution in [2.75, 3.05) is 13.1 Å². The summed E-state index contributed by atoms with van der Waals surface area (Å²) in [6, 6.07) is 17.0. The van der Waals surface area contributed by atoms with Gasteiger partial charge in [-0.2, -0.15) is 0 Å². The van der Waals surface area contributed by atoms with Crippen LogP contribution in [-0.2, 0) is 27.0 Å². The van der Waals surface area contributed by atoms with Crippen LogP contribution in [0, 0.1) is 5.92 Å². The Kier molecular flexibility index (Phi) is 7.22. The van der Waals surface area contributed by atoms with Gasteiger partial charge >= 0.3 is 0 Å². The van der Waals surface area contributed by atoms with Crippen LogP contribution in [-0.4, -0.2) is 37.3 Å². The predicted octanol–water partition coefficient (Wildman–Crippen LogP) is 4.02. The summed E-state index contributed by atoms with van der Waals surface area (Å²) in [6.45, 7) is 4.76. The fraction of sp³-hybridized carbons (Fsp3) is 0.435. The van der Waals surface area contributed by atoms with Crippen molar-refractivity contribution < 1.29 is 13.2 Å². The maximum absolute atomic E-state index is 12.8. The molecule has 0 radical (unpaired) electrons. The molecule has 1 amide bonds. The van der Waals surface area contributed by atoms with E-state index in [-0.39, 0.29) is 23.1 Å². The number of amides is 1. The molecule has 162 valence electrons. The third-order valence-electron chi connectivity index (χ3n) is 5.41. The Balaban J connectivity index is 1.53. The topological polar surface area (TPSA) is 66.5 Å². The van der Waals surface area contributed by atoms with Gasteiger partial charge in [0.15, 0.2) is 0 Å². The number of halogens is 1. The first-order valence-corrected chi connectivity index (χ1v) is 12.2. The molecule has 3 rings (SSSR count). The molecule has 0 spiro atoms.